The molecule has 2 rings (SSSR count). The van der Waals surface area contributed by atoms with Gasteiger partial charge in [-0.2, -0.15) is 0 Å². The molecule has 0 aromatic carbocycles. The van der Waals surface area contributed by atoms with E-state index in [4.69, 9.17) is 0 Å². The molecule has 0 aliphatic carbocycles. The van der Waals surface area contributed by atoms with Crippen molar-refractivity contribution in [2.24, 2.45) is 0 Å². The molecule has 2 aliphatic heterocycles. The Kier molecular flexibility index (Phi) is 1.24. The van der Waals surface area contributed by atoms with E-state index < -0.39 is 0 Å². The van der Waals surface area contributed by atoms with Gasteiger partial charge in [0.25, 0.3) is 0 Å². The van der Waals surface area contributed by atoms with Crippen molar-refractivity contribution < 1.29 is 0 Å². The number of fused-ring (bicyclic) bond motifs is 2. The molecule has 2 heterocycles. The third-order valence-corrected chi connectivity index (χ3v) is 2.54. The van der Waals surface area contributed by atoms with E-state index in [2.05, 4.69) is 17.6 Å². The molecular weight excluding hydrogens is 112 g/mol. The zero-order chi connectivity index (χ0) is 6.27. The van der Waals surface area contributed by atoms with Crippen LogP contribution < -0.4 is 10.6 Å². The normalized spacial score (nSPS) is 48.3. The summed E-state index contributed by atoms with van der Waals surface area (Å²) in [5.41, 5.74) is 0. The second-order valence-corrected chi connectivity index (χ2v) is 3.13. The number of hydrogen-bond acceptors (Lipinski definition) is 2. The maximum Gasteiger partial charge on any atom is 0.0237 e. The zero-order valence-corrected chi connectivity index (χ0v) is 5.85. The second kappa shape index (κ2) is 1.96. The molecule has 2 fully saturated rings. The van der Waals surface area contributed by atoms with Crippen LogP contribution in [0.5, 0.6) is 0 Å². The highest BCUT2D eigenvalue weighted by molar-refractivity contribution is 5.01. The average Bonchev–Trinajstić information content (AvgIpc) is 2.45. The van der Waals surface area contributed by atoms with Crippen LogP contribution >= 0.6 is 0 Å². The number of piperazine rings is 1. The number of rotatable bonds is 1. The Hall–Kier alpha value is -0.0800. The van der Waals surface area contributed by atoms with Gasteiger partial charge in [-0.1, -0.05) is 6.92 Å². The Bertz CT molecular complexity index is 113. The lowest BCUT2D eigenvalue weighted by atomic mass is 10.1. The van der Waals surface area contributed by atoms with Crippen LogP contribution in [0.25, 0.3) is 0 Å². The van der Waals surface area contributed by atoms with Crippen LogP contribution in [0.1, 0.15) is 19.8 Å². The van der Waals surface area contributed by atoms with Gasteiger partial charge in [-0.3, -0.25) is 0 Å². The fraction of sp³-hybridized carbons (Fsp3) is 1.00. The van der Waals surface area contributed by atoms with Crippen molar-refractivity contribution in [1.82, 2.24) is 10.6 Å². The molecule has 0 aromatic rings. The molecule has 0 aromatic heterocycles. The van der Waals surface area contributed by atoms with Gasteiger partial charge in [0.05, 0.1) is 0 Å². The second-order valence-electron chi connectivity index (χ2n) is 3.13. The van der Waals surface area contributed by atoms with Crippen molar-refractivity contribution in [2.45, 2.75) is 37.9 Å². The summed E-state index contributed by atoms with van der Waals surface area (Å²) in [5.74, 6) is 0. The van der Waals surface area contributed by atoms with Crippen molar-refractivity contribution in [3.8, 4) is 0 Å². The Labute approximate surface area is 56.0 Å². The molecule has 3 unspecified atom stereocenters. The molecule has 0 radical (unpaired) electrons. The van der Waals surface area contributed by atoms with Crippen molar-refractivity contribution in [2.75, 3.05) is 6.54 Å². The molecule has 0 amide bonds. The molecule has 2 N–H and O–H groups in total. The van der Waals surface area contributed by atoms with Gasteiger partial charge in [-0.15, -0.1) is 0 Å². The maximum absolute atomic E-state index is 3.58. The van der Waals surface area contributed by atoms with E-state index >= 15 is 0 Å². The number of hydrogen-bond donors (Lipinski definition) is 2. The van der Waals surface area contributed by atoms with E-state index in [0.29, 0.717) is 0 Å². The van der Waals surface area contributed by atoms with E-state index in [0.717, 1.165) is 18.1 Å². The van der Waals surface area contributed by atoms with Crippen molar-refractivity contribution >= 4 is 0 Å². The highest BCUT2D eigenvalue weighted by Crippen LogP contribution is 2.20. The van der Waals surface area contributed by atoms with Crippen LogP contribution in [0.2, 0.25) is 0 Å². The standard InChI is InChI=1S/C7H14N2/c1-2-6-7-3-5(9-6)4-8-7/h5-9H,2-4H2,1H3. The Morgan fingerprint density at radius 2 is 2.44 bits per heavy atom. The zero-order valence-electron chi connectivity index (χ0n) is 5.85. The van der Waals surface area contributed by atoms with Gasteiger partial charge in [0.1, 0.15) is 0 Å². The summed E-state index contributed by atoms with van der Waals surface area (Å²) >= 11 is 0. The smallest absolute Gasteiger partial charge is 0.0237 e. The summed E-state index contributed by atoms with van der Waals surface area (Å²) in [7, 11) is 0. The van der Waals surface area contributed by atoms with Crippen LogP contribution in [-0.2, 0) is 0 Å². The molecule has 0 spiro atoms. The van der Waals surface area contributed by atoms with E-state index in [9.17, 15) is 0 Å². The monoisotopic (exact) mass is 126 g/mol. The quantitative estimate of drug-likeness (QED) is 0.520. The molecule has 2 nitrogen and oxygen atoms in total. The molecule has 52 valence electrons. The SMILES string of the molecule is CCC1NC2CNC1C2. The van der Waals surface area contributed by atoms with Crippen LogP contribution in [0.15, 0.2) is 0 Å². The lowest BCUT2D eigenvalue weighted by Gasteiger charge is -2.22. The van der Waals surface area contributed by atoms with Gasteiger partial charge in [-0.05, 0) is 12.8 Å². The van der Waals surface area contributed by atoms with Gasteiger partial charge in [0.15, 0.2) is 0 Å². The molecule has 2 bridgehead atoms. The summed E-state index contributed by atoms with van der Waals surface area (Å²) in [6, 6.07) is 2.35. The Morgan fingerprint density at radius 3 is 2.78 bits per heavy atom. The summed E-state index contributed by atoms with van der Waals surface area (Å²) < 4.78 is 0. The largest absolute Gasteiger partial charge is 0.311 e. The highest BCUT2D eigenvalue weighted by atomic mass is 15.2. The molecule has 2 aliphatic rings. The summed E-state index contributed by atoms with van der Waals surface area (Å²) in [4.78, 5) is 0. The first-order chi connectivity index (χ1) is 4.40. The maximum atomic E-state index is 3.58. The van der Waals surface area contributed by atoms with E-state index in [1.165, 1.54) is 19.4 Å². The first-order valence-corrected chi connectivity index (χ1v) is 3.89. The predicted molar refractivity (Wildman–Crippen MR) is 37.4 cm³/mol. The minimum atomic E-state index is 0.767. The fourth-order valence-corrected chi connectivity index (χ4v) is 2.02. The van der Waals surface area contributed by atoms with E-state index in [-0.39, 0.29) is 0 Å². The molecule has 9 heavy (non-hydrogen) atoms. The van der Waals surface area contributed by atoms with Gasteiger partial charge < -0.3 is 10.6 Å². The van der Waals surface area contributed by atoms with E-state index in [1.54, 1.807) is 0 Å². The minimum Gasteiger partial charge on any atom is -0.311 e. The predicted octanol–water partition coefficient (Wildman–Crippen LogP) is 0.0987. The first-order valence-electron chi connectivity index (χ1n) is 3.89. The molecule has 0 saturated carbocycles. The van der Waals surface area contributed by atoms with Crippen molar-refractivity contribution in [3.05, 3.63) is 0 Å². The summed E-state index contributed by atoms with van der Waals surface area (Å²) in [6.45, 7) is 3.45. The molecular formula is C7H14N2. The minimum absolute atomic E-state index is 0.767. The molecule has 3 atom stereocenters. The van der Waals surface area contributed by atoms with Crippen molar-refractivity contribution in [1.29, 1.82) is 0 Å². The third-order valence-electron chi connectivity index (χ3n) is 2.54. The number of nitrogens with one attached hydrogen (secondary N) is 2. The topological polar surface area (TPSA) is 24.1 Å². The first kappa shape index (κ1) is 5.69. The lowest BCUT2D eigenvalue weighted by Crippen LogP contribution is -2.47. The average molecular weight is 126 g/mol. The van der Waals surface area contributed by atoms with Crippen LogP contribution in [0, 0.1) is 0 Å². The summed E-state index contributed by atoms with van der Waals surface area (Å²) in [5, 5.41) is 7.07. The van der Waals surface area contributed by atoms with E-state index in [1.807, 2.05) is 0 Å². The third kappa shape index (κ3) is 0.775. The van der Waals surface area contributed by atoms with Gasteiger partial charge >= 0.3 is 0 Å². The van der Waals surface area contributed by atoms with Gasteiger partial charge in [0.2, 0.25) is 0 Å². The van der Waals surface area contributed by atoms with Crippen LogP contribution in [-0.4, -0.2) is 24.7 Å². The fourth-order valence-electron chi connectivity index (χ4n) is 2.02. The Balaban J connectivity index is 2.01. The van der Waals surface area contributed by atoms with Gasteiger partial charge in [0, 0.05) is 24.7 Å². The van der Waals surface area contributed by atoms with Crippen molar-refractivity contribution in [3.63, 3.8) is 0 Å². The molecule has 2 saturated heterocycles. The summed E-state index contributed by atoms with van der Waals surface area (Å²) in [6.07, 6.45) is 2.63. The highest BCUT2D eigenvalue weighted by Gasteiger charge is 2.37. The lowest BCUT2D eigenvalue weighted by molar-refractivity contribution is 0.402. The van der Waals surface area contributed by atoms with Crippen LogP contribution in [0.4, 0.5) is 0 Å². The van der Waals surface area contributed by atoms with Crippen LogP contribution in [0.3, 0.4) is 0 Å². The molecule has 2 heteroatoms. The Morgan fingerprint density at radius 1 is 1.56 bits per heavy atom. The van der Waals surface area contributed by atoms with Gasteiger partial charge in [-0.25, -0.2) is 0 Å².